The van der Waals surface area contributed by atoms with Crippen LogP contribution in [0, 0.1) is 5.92 Å². The maximum atomic E-state index is 12.8. The van der Waals surface area contributed by atoms with Crippen LogP contribution in [0.1, 0.15) is 50.5 Å². The van der Waals surface area contributed by atoms with Crippen molar-refractivity contribution in [2.45, 2.75) is 45.9 Å². The van der Waals surface area contributed by atoms with Crippen LogP contribution in [0.4, 0.5) is 4.79 Å². The molecule has 2 rings (SSSR count). The lowest BCUT2D eigenvalue weighted by molar-refractivity contribution is -0.165. The molecule has 0 saturated carbocycles. The predicted molar refractivity (Wildman–Crippen MR) is 88.3 cm³/mol. The van der Waals surface area contributed by atoms with Crippen LogP contribution in [0.25, 0.3) is 0 Å². The van der Waals surface area contributed by atoms with Gasteiger partial charge in [0.25, 0.3) is 0 Å². The molecule has 1 heterocycles. The third-order valence-corrected chi connectivity index (χ3v) is 3.84. The van der Waals surface area contributed by atoms with Crippen molar-refractivity contribution < 1.29 is 23.8 Å². The molecule has 6 nitrogen and oxygen atoms in total. The van der Waals surface area contributed by atoms with Gasteiger partial charge in [-0.25, -0.2) is 14.5 Å². The first-order valence-corrected chi connectivity index (χ1v) is 7.96. The second-order valence-corrected chi connectivity index (χ2v) is 7.11. The fourth-order valence-electron chi connectivity index (χ4n) is 2.90. The summed E-state index contributed by atoms with van der Waals surface area (Å²) >= 11 is 0. The zero-order valence-corrected chi connectivity index (χ0v) is 15.1. The van der Waals surface area contributed by atoms with Crippen LogP contribution in [-0.4, -0.2) is 36.4 Å². The number of cyclic esters (lactones) is 1. The smallest absolute Gasteiger partial charge is 0.415 e. The molecule has 24 heavy (non-hydrogen) atoms. The Balaban J connectivity index is 2.56. The zero-order valence-electron chi connectivity index (χ0n) is 15.1. The Labute approximate surface area is 142 Å². The first kappa shape index (κ1) is 18.3. The summed E-state index contributed by atoms with van der Waals surface area (Å²) in [6.45, 7) is 9.07. The molecule has 1 aliphatic heterocycles. The van der Waals surface area contributed by atoms with Gasteiger partial charge in [0.15, 0.2) is 0 Å². The standard InChI is InChI=1S/C18H25NO5/c1-12(2)18(14-10-8-7-9-13(14)15(20)23-18)19(11-22-6)16(21)24-17(3,4)5/h7-10,12H,11H2,1-6H3/t18-/m0/s1. The molecule has 1 aromatic carbocycles. The summed E-state index contributed by atoms with van der Waals surface area (Å²) in [5.74, 6) is -0.656. The van der Waals surface area contributed by atoms with Gasteiger partial charge in [-0.2, -0.15) is 0 Å². The molecular formula is C18H25NO5. The molecule has 0 saturated heterocycles. The Bertz CT molecular complexity index is 635. The average molecular weight is 335 g/mol. The van der Waals surface area contributed by atoms with Crippen molar-refractivity contribution >= 4 is 12.1 Å². The topological polar surface area (TPSA) is 65.1 Å². The second-order valence-electron chi connectivity index (χ2n) is 7.11. The highest BCUT2D eigenvalue weighted by molar-refractivity contribution is 5.95. The highest BCUT2D eigenvalue weighted by Gasteiger charge is 2.55. The monoisotopic (exact) mass is 335 g/mol. The lowest BCUT2D eigenvalue weighted by Gasteiger charge is -2.42. The first-order valence-electron chi connectivity index (χ1n) is 7.96. The Hall–Kier alpha value is -2.08. The van der Waals surface area contributed by atoms with Crippen LogP contribution >= 0.6 is 0 Å². The largest absolute Gasteiger partial charge is 0.444 e. The molecule has 1 aromatic rings. The number of rotatable bonds is 4. The molecule has 132 valence electrons. The van der Waals surface area contributed by atoms with Crippen LogP contribution in [-0.2, 0) is 19.9 Å². The van der Waals surface area contributed by atoms with E-state index in [1.807, 2.05) is 19.9 Å². The second kappa shape index (κ2) is 6.43. The zero-order chi connectivity index (χ0) is 18.1. The lowest BCUT2D eigenvalue weighted by Crippen LogP contribution is -2.55. The van der Waals surface area contributed by atoms with Gasteiger partial charge in [0, 0.05) is 18.6 Å². The minimum atomic E-state index is -1.26. The highest BCUT2D eigenvalue weighted by Crippen LogP contribution is 2.45. The summed E-state index contributed by atoms with van der Waals surface area (Å²) in [5.41, 5.74) is -0.834. The van der Waals surface area contributed by atoms with Gasteiger partial charge in [0.05, 0.1) is 5.56 Å². The van der Waals surface area contributed by atoms with Gasteiger partial charge in [-0.05, 0) is 26.8 Å². The number of benzene rings is 1. The molecule has 1 atom stereocenters. The van der Waals surface area contributed by atoms with Gasteiger partial charge in [-0.15, -0.1) is 0 Å². The van der Waals surface area contributed by atoms with Crippen molar-refractivity contribution in [3.8, 4) is 0 Å². The summed E-state index contributed by atoms with van der Waals surface area (Å²) in [6, 6.07) is 7.08. The number of hydrogen-bond acceptors (Lipinski definition) is 5. The van der Waals surface area contributed by atoms with E-state index in [9.17, 15) is 9.59 Å². The number of carbonyl (C=O) groups excluding carboxylic acids is 2. The van der Waals surface area contributed by atoms with Crippen LogP contribution in [0.2, 0.25) is 0 Å². The number of carbonyl (C=O) groups is 2. The van der Waals surface area contributed by atoms with E-state index in [1.54, 1.807) is 39.0 Å². The Morgan fingerprint density at radius 2 is 1.92 bits per heavy atom. The number of fused-ring (bicyclic) bond motifs is 1. The van der Waals surface area contributed by atoms with E-state index in [4.69, 9.17) is 14.2 Å². The number of ether oxygens (including phenoxy) is 3. The Morgan fingerprint density at radius 3 is 2.46 bits per heavy atom. The van der Waals surface area contributed by atoms with Gasteiger partial charge >= 0.3 is 12.1 Å². The van der Waals surface area contributed by atoms with Crippen LogP contribution in [0.5, 0.6) is 0 Å². The molecule has 0 spiro atoms. The van der Waals surface area contributed by atoms with Crippen molar-refractivity contribution in [2.24, 2.45) is 5.92 Å². The molecule has 0 radical (unpaired) electrons. The van der Waals surface area contributed by atoms with Crippen LogP contribution in [0.3, 0.4) is 0 Å². The number of nitrogens with zero attached hydrogens (tertiary/aromatic N) is 1. The van der Waals surface area contributed by atoms with Gasteiger partial charge in [0.1, 0.15) is 12.3 Å². The predicted octanol–water partition coefficient (Wildman–Crippen LogP) is 3.51. The quantitative estimate of drug-likeness (QED) is 0.622. The first-order chi connectivity index (χ1) is 11.1. The number of hydrogen-bond donors (Lipinski definition) is 0. The molecule has 1 amide bonds. The van der Waals surface area contributed by atoms with Gasteiger partial charge < -0.3 is 14.2 Å². The van der Waals surface area contributed by atoms with E-state index in [0.717, 1.165) is 0 Å². The van der Waals surface area contributed by atoms with Gasteiger partial charge in [0.2, 0.25) is 5.72 Å². The summed E-state index contributed by atoms with van der Waals surface area (Å²) in [4.78, 5) is 26.5. The molecule has 0 bridgehead atoms. The molecule has 0 aliphatic carbocycles. The van der Waals surface area contributed by atoms with Crippen molar-refractivity contribution in [3.05, 3.63) is 35.4 Å². The van der Waals surface area contributed by atoms with E-state index in [2.05, 4.69) is 0 Å². The normalized spacial score (nSPS) is 19.9. The van der Waals surface area contributed by atoms with Crippen molar-refractivity contribution in [1.82, 2.24) is 4.90 Å². The van der Waals surface area contributed by atoms with Gasteiger partial charge in [-0.3, -0.25) is 0 Å². The van der Waals surface area contributed by atoms with Crippen LogP contribution < -0.4 is 0 Å². The average Bonchev–Trinajstić information content (AvgIpc) is 2.77. The minimum absolute atomic E-state index is 0.0608. The number of amides is 1. The molecule has 0 fully saturated rings. The maximum Gasteiger partial charge on any atom is 0.415 e. The number of esters is 1. The minimum Gasteiger partial charge on any atom is -0.444 e. The lowest BCUT2D eigenvalue weighted by atomic mass is 9.89. The summed E-state index contributed by atoms with van der Waals surface area (Å²) in [7, 11) is 1.48. The molecule has 0 unspecified atom stereocenters. The van der Waals surface area contributed by atoms with E-state index in [-0.39, 0.29) is 12.6 Å². The van der Waals surface area contributed by atoms with E-state index in [0.29, 0.717) is 11.1 Å². The fraction of sp³-hybridized carbons (Fsp3) is 0.556. The molecule has 0 N–H and O–H groups in total. The van der Waals surface area contributed by atoms with E-state index >= 15 is 0 Å². The Morgan fingerprint density at radius 1 is 1.29 bits per heavy atom. The molecule has 0 aromatic heterocycles. The fourth-order valence-corrected chi connectivity index (χ4v) is 2.90. The summed E-state index contributed by atoms with van der Waals surface area (Å²) in [6.07, 6.45) is -0.595. The molecular weight excluding hydrogens is 310 g/mol. The van der Waals surface area contributed by atoms with Crippen molar-refractivity contribution in [2.75, 3.05) is 13.8 Å². The SMILES string of the molecule is COCN(C(=O)OC(C)(C)C)[C@@]1(C(C)C)OC(=O)c2ccccc21. The molecule has 6 heteroatoms. The summed E-state index contributed by atoms with van der Waals surface area (Å²) in [5, 5.41) is 0. The Kier molecular flexibility index (Phi) is 4.90. The van der Waals surface area contributed by atoms with Crippen molar-refractivity contribution in [1.29, 1.82) is 0 Å². The van der Waals surface area contributed by atoms with E-state index in [1.165, 1.54) is 12.0 Å². The van der Waals surface area contributed by atoms with E-state index < -0.39 is 23.4 Å². The maximum absolute atomic E-state index is 12.8. The third kappa shape index (κ3) is 3.11. The highest BCUT2D eigenvalue weighted by atomic mass is 16.6. The summed E-state index contributed by atoms with van der Waals surface area (Å²) < 4.78 is 16.5. The van der Waals surface area contributed by atoms with Crippen molar-refractivity contribution in [3.63, 3.8) is 0 Å². The third-order valence-electron chi connectivity index (χ3n) is 3.84. The van der Waals surface area contributed by atoms with Gasteiger partial charge in [-0.1, -0.05) is 32.0 Å². The number of methoxy groups -OCH3 is 1. The van der Waals surface area contributed by atoms with Crippen LogP contribution in [0.15, 0.2) is 24.3 Å². The molecule has 1 aliphatic rings.